The first-order valence-corrected chi connectivity index (χ1v) is 12.9. The zero-order valence-corrected chi connectivity index (χ0v) is 22.5. The summed E-state index contributed by atoms with van der Waals surface area (Å²) in [5, 5.41) is 10.1. The summed E-state index contributed by atoms with van der Waals surface area (Å²) in [6, 6.07) is 1.90. The van der Waals surface area contributed by atoms with E-state index in [9.17, 15) is 24.3 Å². The molecule has 9 nitrogen and oxygen atoms in total. The molecule has 1 aromatic heterocycles. The number of hydrogen-bond acceptors (Lipinski definition) is 8. The van der Waals surface area contributed by atoms with E-state index in [0.717, 1.165) is 16.7 Å². The number of hydrogen-bond donors (Lipinski definition) is 1. The summed E-state index contributed by atoms with van der Waals surface area (Å²) in [5.41, 5.74) is -0.724. The number of furan rings is 1. The van der Waals surface area contributed by atoms with Gasteiger partial charge in [0.15, 0.2) is 5.78 Å². The topological polar surface area (TPSA) is 129 Å². The number of allylic oxidation sites excluding steroid dienone is 2. The Morgan fingerprint density at radius 1 is 1.18 bits per heavy atom. The van der Waals surface area contributed by atoms with Crippen LogP contribution in [-0.4, -0.2) is 54.2 Å². The molecule has 9 unspecified atom stereocenters. The fourth-order valence-electron chi connectivity index (χ4n) is 8.49. The summed E-state index contributed by atoms with van der Waals surface area (Å²) in [5.74, 6) is -4.19. The van der Waals surface area contributed by atoms with Crippen LogP contribution in [0, 0.1) is 28.1 Å². The van der Waals surface area contributed by atoms with Crippen LogP contribution in [-0.2, 0) is 33.4 Å². The second kappa shape index (κ2) is 8.66. The van der Waals surface area contributed by atoms with Gasteiger partial charge in [-0.15, -0.1) is 0 Å². The Labute approximate surface area is 221 Å². The van der Waals surface area contributed by atoms with Crippen molar-refractivity contribution in [2.75, 3.05) is 7.11 Å². The lowest BCUT2D eigenvalue weighted by atomic mass is 9.41. The van der Waals surface area contributed by atoms with Crippen molar-refractivity contribution in [3.8, 4) is 0 Å². The van der Waals surface area contributed by atoms with Gasteiger partial charge in [-0.1, -0.05) is 25.5 Å². The van der Waals surface area contributed by atoms with Crippen LogP contribution >= 0.6 is 0 Å². The third-order valence-corrected chi connectivity index (χ3v) is 9.93. The number of carbonyl (C=O) groups is 4. The van der Waals surface area contributed by atoms with Crippen molar-refractivity contribution in [2.24, 2.45) is 28.1 Å². The molecule has 0 aromatic carbocycles. The Hall–Kier alpha value is -3.20. The van der Waals surface area contributed by atoms with Crippen LogP contribution in [0.2, 0.25) is 0 Å². The predicted octanol–water partition coefficient (Wildman–Crippen LogP) is 3.83. The maximum atomic E-state index is 13.9. The van der Waals surface area contributed by atoms with E-state index in [1.54, 1.807) is 26.4 Å². The lowest BCUT2D eigenvalue weighted by molar-refractivity contribution is -0.226. The van der Waals surface area contributed by atoms with E-state index in [4.69, 9.17) is 18.6 Å². The number of methoxy groups -OCH3 is 1. The second-order valence-electron chi connectivity index (χ2n) is 11.7. The fourth-order valence-corrected chi connectivity index (χ4v) is 8.49. The van der Waals surface area contributed by atoms with E-state index in [2.05, 4.69) is 0 Å². The SMILES string of the molecule is COC(=O)C1(C)C=CC(=O)C2(C)C1C(OC(C)=O)C1OC3CC(c4ccoc4)C(C)=C3C1(C)C2CC(=O)O. The molecule has 9 heteroatoms. The molecule has 1 aliphatic heterocycles. The lowest BCUT2D eigenvalue weighted by Gasteiger charge is -2.62. The molecule has 0 amide bonds. The van der Waals surface area contributed by atoms with E-state index in [-0.39, 0.29) is 24.2 Å². The van der Waals surface area contributed by atoms with E-state index >= 15 is 0 Å². The monoisotopic (exact) mass is 526 g/mol. The van der Waals surface area contributed by atoms with Gasteiger partial charge >= 0.3 is 17.9 Å². The highest BCUT2D eigenvalue weighted by Crippen LogP contribution is 2.70. The molecule has 2 fully saturated rings. The molecule has 1 saturated heterocycles. The fraction of sp³-hybridized carbons (Fsp3) is 0.586. The molecular weight excluding hydrogens is 492 g/mol. The first-order valence-electron chi connectivity index (χ1n) is 12.9. The number of esters is 2. The first-order chi connectivity index (χ1) is 17.8. The quantitative estimate of drug-likeness (QED) is 0.449. The molecule has 0 spiro atoms. The summed E-state index contributed by atoms with van der Waals surface area (Å²) in [7, 11) is 1.26. The van der Waals surface area contributed by atoms with Crippen LogP contribution in [0.15, 0.2) is 46.3 Å². The summed E-state index contributed by atoms with van der Waals surface area (Å²) in [6.45, 7) is 8.58. The summed E-state index contributed by atoms with van der Waals surface area (Å²) < 4.78 is 23.1. The van der Waals surface area contributed by atoms with Gasteiger partial charge in [-0.3, -0.25) is 19.2 Å². The first kappa shape index (κ1) is 26.4. The average molecular weight is 527 g/mol. The minimum absolute atomic E-state index is 0.0111. The molecule has 2 heterocycles. The minimum atomic E-state index is -1.37. The van der Waals surface area contributed by atoms with Crippen molar-refractivity contribution >= 4 is 23.7 Å². The normalized spacial score (nSPS) is 41.4. The highest BCUT2D eigenvalue weighted by atomic mass is 16.6. The Balaban J connectivity index is 1.78. The number of carboxylic acid groups (broad SMARTS) is 1. The van der Waals surface area contributed by atoms with Gasteiger partial charge in [0.05, 0.1) is 37.6 Å². The molecule has 0 radical (unpaired) electrons. The van der Waals surface area contributed by atoms with Crippen molar-refractivity contribution in [2.45, 2.75) is 71.7 Å². The van der Waals surface area contributed by atoms with Crippen LogP contribution < -0.4 is 0 Å². The standard InChI is InChI=1S/C29H34O9/c1-14-17(16-8-10-36-13-16)11-18-22(14)29(5)19(12-21(32)33)28(4)20(31)7-9-27(3,26(34)35-6)24(28)23(25(29)38-18)37-15(2)30/h7-10,13,17-19,23-25H,11-12H2,1-6H3,(H,32,33). The Morgan fingerprint density at radius 2 is 1.89 bits per heavy atom. The minimum Gasteiger partial charge on any atom is -0.481 e. The highest BCUT2D eigenvalue weighted by Gasteiger charge is 2.75. The molecular formula is C29H34O9. The zero-order valence-electron chi connectivity index (χ0n) is 22.5. The Morgan fingerprint density at radius 3 is 2.47 bits per heavy atom. The molecule has 1 N–H and O–H groups in total. The third-order valence-electron chi connectivity index (χ3n) is 9.93. The third kappa shape index (κ3) is 3.33. The van der Waals surface area contributed by atoms with E-state index < -0.39 is 58.2 Å². The largest absolute Gasteiger partial charge is 0.481 e. The van der Waals surface area contributed by atoms with Gasteiger partial charge in [0.1, 0.15) is 12.2 Å². The summed E-state index contributed by atoms with van der Waals surface area (Å²) in [6.07, 6.45) is 4.32. The summed E-state index contributed by atoms with van der Waals surface area (Å²) in [4.78, 5) is 52.0. The zero-order chi connectivity index (χ0) is 27.8. The number of carboxylic acids is 1. The number of rotatable bonds is 5. The number of aliphatic carboxylic acids is 1. The van der Waals surface area contributed by atoms with Crippen LogP contribution in [0.1, 0.15) is 58.9 Å². The molecule has 3 aliphatic carbocycles. The molecule has 4 aliphatic rings. The Kier molecular flexibility index (Phi) is 6.02. The van der Waals surface area contributed by atoms with Crippen molar-refractivity contribution in [1.82, 2.24) is 0 Å². The highest BCUT2D eigenvalue weighted by molar-refractivity contribution is 5.99. The molecule has 5 rings (SSSR count). The molecule has 0 bridgehead atoms. The van der Waals surface area contributed by atoms with E-state index in [1.807, 2.05) is 19.9 Å². The average Bonchev–Trinajstić information content (AvgIpc) is 3.55. The predicted molar refractivity (Wildman–Crippen MR) is 133 cm³/mol. The van der Waals surface area contributed by atoms with Gasteiger partial charge in [0.2, 0.25) is 0 Å². The number of fused-ring (bicyclic) bond motifs is 4. The Bertz CT molecular complexity index is 1260. The lowest BCUT2D eigenvalue weighted by Crippen LogP contribution is -2.70. The molecule has 38 heavy (non-hydrogen) atoms. The van der Waals surface area contributed by atoms with Crippen LogP contribution in [0.3, 0.4) is 0 Å². The van der Waals surface area contributed by atoms with Gasteiger partial charge < -0.3 is 23.7 Å². The van der Waals surface area contributed by atoms with Gasteiger partial charge in [-0.2, -0.15) is 0 Å². The molecule has 9 atom stereocenters. The van der Waals surface area contributed by atoms with Gasteiger partial charge in [-0.25, -0.2) is 0 Å². The van der Waals surface area contributed by atoms with Gasteiger partial charge in [-0.05, 0) is 49.5 Å². The van der Waals surface area contributed by atoms with Crippen LogP contribution in [0.4, 0.5) is 0 Å². The van der Waals surface area contributed by atoms with Crippen molar-refractivity contribution in [1.29, 1.82) is 0 Å². The van der Waals surface area contributed by atoms with Crippen molar-refractivity contribution in [3.05, 3.63) is 47.5 Å². The van der Waals surface area contributed by atoms with Crippen LogP contribution in [0.5, 0.6) is 0 Å². The number of carbonyl (C=O) groups excluding carboxylic acids is 3. The second-order valence-corrected chi connectivity index (χ2v) is 11.7. The van der Waals surface area contributed by atoms with Crippen molar-refractivity contribution < 1.29 is 42.9 Å². The summed E-state index contributed by atoms with van der Waals surface area (Å²) >= 11 is 0. The number of ketones is 1. The molecule has 1 aromatic rings. The van der Waals surface area contributed by atoms with E-state index in [0.29, 0.717) is 6.42 Å². The van der Waals surface area contributed by atoms with Gasteiger partial charge in [0, 0.05) is 29.6 Å². The van der Waals surface area contributed by atoms with E-state index in [1.165, 1.54) is 26.2 Å². The smallest absolute Gasteiger partial charge is 0.315 e. The molecule has 1 saturated carbocycles. The van der Waals surface area contributed by atoms with Crippen LogP contribution in [0.25, 0.3) is 0 Å². The number of ether oxygens (including phenoxy) is 3. The van der Waals surface area contributed by atoms with Crippen molar-refractivity contribution in [3.63, 3.8) is 0 Å². The van der Waals surface area contributed by atoms with Gasteiger partial charge in [0.25, 0.3) is 0 Å². The maximum absolute atomic E-state index is 13.9. The molecule has 204 valence electrons. The maximum Gasteiger partial charge on any atom is 0.315 e.